The summed E-state index contributed by atoms with van der Waals surface area (Å²) in [6, 6.07) is 14.2. The number of carbonyl (C=O) groups excluding carboxylic acids is 1. The van der Waals surface area contributed by atoms with Gasteiger partial charge in [0, 0.05) is 11.4 Å². The van der Waals surface area contributed by atoms with E-state index in [2.05, 4.69) is 15.3 Å². The average molecular weight is 480 g/mol. The zero-order chi connectivity index (χ0) is 24.4. The Morgan fingerprint density at radius 1 is 1.15 bits per heavy atom. The van der Waals surface area contributed by atoms with Gasteiger partial charge in [-0.15, -0.1) is 0 Å². The Morgan fingerprint density at radius 2 is 1.85 bits per heavy atom. The van der Waals surface area contributed by atoms with Gasteiger partial charge in [0.05, 0.1) is 23.2 Å². The lowest BCUT2D eigenvalue weighted by Gasteiger charge is -2.29. The summed E-state index contributed by atoms with van der Waals surface area (Å²) in [5, 5.41) is 3.49. The number of H-pyrrole nitrogens is 1. The largest absolute Gasteiger partial charge is 0.460 e. The van der Waals surface area contributed by atoms with Crippen LogP contribution >= 0.6 is 11.8 Å². The van der Waals surface area contributed by atoms with Crippen molar-refractivity contribution in [2.45, 2.75) is 50.6 Å². The van der Waals surface area contributed by atoms with Crippen LogP contribution in [0.2, 0.25) is 0 Å². The van der Waals surface area contributed by atoms with Crippen LogP contribution in [-0.4, -0.2) is 22.0 Å². The molecule has 0 bridgehead atoms. The third kappa shape index (κ3) is 4.92. The number of rotatable bonds is 6. The number of halogens is 1. The van der Waals surface area contributed by atoms with Gasteiger partial charge >= 0.3 is 5.97 Å². The molecule has 0 spiro atoms. The fourth-order valence-corrected chi connectivity index (χ4v) is 4.75. The number of allylic oxidation sites excluding steroid dienone is 1. The quantitative estimate of drug-likeness (QED) is 0.284. The molecule has 1 aromatic heterocycles. The van der Waals surface area contributed by atoms with Crippen LogP contribution in [-0.2, 0) is 15.3 Å². The lowest BCUT2D eigenvalue weighted by Crippen LogP contribution is -2.31. The Bertz CT molecular complexity index is 1320. The summed E-state index contributed by atoms with van der Waals surface area (Å²) in [6.45, 7) is 7.32. The van der Waals surface area contributed by atoms with Gasteiger partial charge in [-0.25, -0.2) is 14.2 Å². The molecule has 0 aliphatic carbocycles. The van der Waals surface area contributed by atoms with Gasteiger partial charge in [0.2, 0.25) is 0 Å². The molecule has 34 heavy (non-hydrogen) atoms. The van der Waals surface area contributed by atoms with Crippen LogP contribution < -0.4 is 10.9 Å². The lowest BCUT2D eigenvalue weighted by molar-refractivity contribution is -0.143. The van der Waals surface area contributed by atoms with E-state index in [1.807, 2.05) is 31.2 Å². The van der Waals surface area contributed by atoms with Crippen LogP contribution in [0.5, 0.6) is 0 Å². The number of aryl methyl sites for hydroxylation is 1. The Kier molecular flexibility index (Phi) is 6.88. The predicted molar refractivity (Wildman–Crippen MR) is 131 cm³/mol. The minimum Gasteiger partial charge on any atom is -0.460 e. The molecule has 0 saturated heterocycles. The molecule has 8 heteroatoms. The highest BCUT2D eigenvalue weighted by Gasteiger charge is 2.36. The highest BCUT2D eigenvalue weighted by Crippen LogP contribution is 2.40. The van der Waals surface area contributed by atoms with E-state index in [0.29, 0.717) is 39.1 Å². The Morgan fingerprint density at radius 3 is 2.53 bits per heavy atom. The van der Waals surface area contributed by atoms with E-state index in [0.717, 1.165) is 11.1 Å². The molecule has 0 saturated carbocycles. The second-order valence-corrected chi connectivity index (χ2v) is 9.44. The van der Waals surface area contributed by atoms with Crippen molar-refractivity contribution in [2.24, 2.45) is 0 Å². The molecular weight excluding hydrogens is 453 g/mol. The molecule has 176 valence electrons. The van der Waals surface area contributed by atoms with E-state index >= 15 is 0 Å². The molecule has 3 aromatic rings. The maximum Gasteiger partial charge on any atom is 0.337 e. The molecule has 0 fully saturated rings. The van der Waals surface area contributed by atoms with Gasteiger partial charge < -0.3 is 15.0 Å². The van der Waals surface area contributed by atoms with Crippen LogP contribution in [0.3, 0.4) is 0 Å². The van der Waals surface area contributed by atoms with Crippen LogP contribution in [0.15, 0.2) is 69.8 Å². The van der Waals surface area contributed by atoms with Gasteiger partial charge in [0.15, 0.2) is 5.16 Å². The van der Waals surface area contributed by atoms with Gasteiger partial charge in [0.25, 0.3) is 5.56 Å². The number of ether oxygens (including phenoxy) is 1. The van der Waals surface area contributed by atoms with Crippen molar-refractivity contribution in [2.75, 3.05) is 5.32 Å². The van der Waals surface area contributed by atoms with E-state index < -0.39 is 11.9 Å². The SMILES string of the molecule is CC1=C(C(=O)OC(C)C)C(c2ccc(C)cc2)c2c(nc(SCc3ccccc3F)[nH]c2=O)N1. The lowest BCUT2D eigenvalue weighted by atomic mass is 9.82. The fraction of sp³-hybridized carbons (Fsp3) is 0.269. The third-order valence-electron chi connectivity index (χ3n) is 5.52. The van der Waals surface area contributed by atoms with Gasteiger partial charge in [-0.3, -0.25) is 4.79 Å². The summed E-state index contributed by atoms with van der Waals surface area (Å²) in [4.78, 5) is 33.8. The minimum absolute atomic E-state index is 0.304. The number of esters is 1. The topological polar surface area (TPSA) is 84.1 Å². The van der Waals surface area contributed by atoms with Gasteiger partial charge in [-0.2, -0.15) is 0 Å². The second-order valence-electron chi connectivity index (χ2n) is 8.47. The average Bonchev–Trinajstić information content (AvgIpc) is 2.77. The van der Waals surface area contributed by atoms with Crippen molar-refractivity contribution in [1.29, 1.82) is 0 Å². The van der Waals surface area contributed by atoms with Gasteiger partial charge in [-0.05, 0) is 44.9 Å². The summed E-state index contributed by atoms with van der Waals surface area (Å²) in [5.74, 6) is -0.723. The number of aromatic nitrogens is 2. The molecule has 1 aliphatic rings. The van der Waals surface area contributed by atoms with Crippen molar-refractivity contribution in [3.63, 3.8) is 0 Å². The molecule has 4 rings (SSSR count). The van der Waals surface area contributed by atoms with E-state index in [4.69, 9.17) is 4.74 Å². The molecule has 0 amide bonds. The normalized spacial score (nSPS) is 15.2. The highest BCUT2D eigenvalue weighted by molar-refractivity contribution is 7.98. The first-order chi connectivity index (χ1) is 16.2. The minimum atomic E-state index is -0.634. The molecule has 1 unspecified atom stereocenters. The van der Waals surface area contributed by atoms with Crippen molar-refractivity contribution < 1.29 is 13.9 Å². The van der Waals surface area contributed by atoms with E-state index in [-0.39, 0.29) is 17.5 Å². The number of anilines is 1. The maximum atomic E-state index is 14.0. The summed E-state index contributed by atoms with van der Waals surface area (Å²) in [6.07, 6.45) is -0.304. The summed E-state index contributed by atoms with van der Waals surface area (Å²) < 4.78 is 19.5. The maximum absolute atomic E-state index is 14.0. The first-order valence-electron chi connectivity index (χ1n) is 11.0. The standard InChI is InChI=1S/C26H26FN3O3S/c1-14(2)33-25(32)20-16(4)28-23-22(21(20)17-11-9-15(3)10-12-17)24(31)30-26(29-23)34-13-18-7-5-6-8-19(18)27/h5-12,14,21H,13H2,1-4H3,(H2,28,29,30,31). The number of benzene rings is 2. The first kappa shape index (κ1) is 23.8. The van der Waals surface area contributed by atoms with Crippen LogP contribution in [0.25, 0.3) is 0 Å². The van der Waals surface area contributed by atoms with Crippen molar-refractivity contribution >= 4 is 23.5 Å². The Hall–Kier alpha value is -3.39. The molecule has 1 atom stereocenters. The summed E-state index contributed by atoms with van der Waals surface area (Å²) >= 11 is 1.24. The molecule has 6 nitrogen and oxygen atoms in total. The smallest absolute Gasteiger partial charge is 0.337 e. The monoisotopic (exact) mass is 479 g/mol. The summed E-state index contributed by atoms with van der Waals surface area (Å²) in [5.41, 5.74) is 3.32. The third-order valence-corrected chi connectivity index (χ3v) is 6.44. The molecule has 2 N–H and O–H groups in total. The number of aromatic amines is 1. The number of thioether (sulfide) groups is 1. The first-order valence-corrected chi connectivity index (χ1v) is 12.0. The number of hydrogen-bond acceptors (Lipinski definition) is 6. The number of hydrogen-bond donors (Lipinski definition) is 2. The molecule has 0 radical (unpaired) electrons. The van der Waals surface area contributed by atoms with Crippen molar-refractivity contribution in [3.8, 4) is 0 Å². The number of fused-ring (bicyclic) bond motifs is 1. The highest BCUT2D eigenvalue weighted by atomic mass is 32.2. The van der Waals surface area contributed by atoms with Gasteiger partial charge in [-0.1, -0.05) is 59.8 Å². The number of carbonyl (C=O) groups is 1. The summed E-state index contributed by atoms with van der Waals surface area (Å²) in [7, 11) is 0. The second kappa shape index (κ2) is 9.85. The molecular formula is C26H26FN3O3S. The predicted octanol–water partition coefficient (Wildman–Crippen LogP) is 5.29. The number of nitrogens with zero attached hydrogens (tertiary/aromatic N) is 1. The van der Waals surface area contributed by atoms with E-state index in [1.54, 1.807) is 39.0 Å². The fourth-order valence-electron chi connectivity index (χ4n) is 3.90. The van der Waals surface area contributed by atoms with E-state index in [9.17, 15) is 14.0 Å². The van der Waals surface area contributed by atoms with Crippen LogP contribution in [0.4, 0.5) is 10.2 Å². The Labute approximate surface area is 201 Å². The van der Waals surface area contributed by atoms with Gasteiger partial charge in [0.1, 0.15) is 11.6 Å². The number of nitrogens with one attached hydrogen (secondary N) is 2. The molecule has 1 aliphatic heterocycles. The van der Waals surface area contributed by atoms with Crippen molar-refractivity contribution in [1.82, 2.24) is 9.97 Å². The Balaban J connectivity index is 1.76. The zero-order valence-electron chi connectivity index (χ0n) is 19.4. The van der Waals surface area contributed by atoms with Crippen LogP contribution in [0.1, 0.15) is 48.9 Å². The molecule has 2 aromatic carbocycles. The molecule has 2 heterocycles. The van der Waals surface area contributed by atoms with Crippen molar-refractivity contribution in [3.05, 3.63) is 98.2 Å². The zero-order valence-corrected chi connectivity index (χ0v) is 20.3. The van der Waals surface area contributed by atoms with E-state index in [1.165, 1.54) is 17.8 Å². The van der Waals surface area contributed by atoms with Crippen LogP contribution in [0, 0.1) is 12.7 Å².